The Labute approximate surface area is 112 Å². The molecular formula is C14H16N2O3. The van der Waals surface area contributed by atoms with E-state index in [1.807, 2.05) is 6.07 Å². The van der Waals surface area contributed by atoms with Gasteiger partial charge in [-0.1, -0.05) is 0 Å². The van der Waals surface area contributed by atoms with E-state index in [1.165, 1.54) is 20.4 Å². The number of benzene rings is 1. The molecule has 0 spiro atoms. The van der Waals surface area contributed by atoms with Crippen molar-refractivity contribution in [1.29, 1.82) is 5.26 Å². The summed E-state index contributed by atoms with van der Waals surface area (Å²) in [6.07, 6.45) is 1.48. The van der Waals surface area contributed by atoms with Gasteiger partial charge in [-0.05, 0) is 12.1 Å². The first-order valence-corrected chi connectivity index (χ1v) is 5.58. The zero-order chi connectivity index (χ0) is 14.4. The third-order valence-corrected chi connectivity index (χ3v) is 2.37. The lowest BCUT2D eigenvalue weighted by atomic mass is 10.0. The Balaban J connectivity index is 3.22. The molecule has 0 saturated heterocycles. The molecular weight excluding hydrogens is 244 g/mol. The number of allylic oxidation sites excluding steroid dienone is 1. The van der Waals surface area contributed by atoms with Crippen LogP contribution in [-0.2, 0) is 0 Å². The smallest absolute Gasteiger partial charge is 0.205 e. The van der Waals surface area contributed by atoms with Gasteiger partial charge in [0, 0.05) is 31.9 Å². The van der Waals surface area contributed by atoms with E-state index >= 15 is 0 Å². The molecule has 0 aliphatic heterocycles. The fourth-order valence-electron chi connectivity index (χ4n) is 1.49. The average molecular weight is 260 g/mol. The highest BCUT2D eigenvalue weighted by atomic mass is 16.5. The fraction of sp³-hybridized carbons (Fsp3) is 0.286. The van der Waals surface area contributed by atoms with Gasteiger partial charge in [0.25, 0.3) is 0 Å². The van der Waals surface area contributed by atoms with Gasteiger partial charge in [0.15, 0.2) is 0 Å². The lowest BCUT2D eigenvalue weighted by Crippen LogP contribution is -2.09. The maximum atomic E-state index is 12.2. The largest absolute Gasteiger partial charge is 0.497 e. The van der Waals surface area contributed by atoms with Crippen LogP contribution in [0.2, 0.25) is 0 Å². The predicted molar refractivity (Wildman–Crippen MR) is 71.3 cm³/mol. The van der Waals surface area contributed by atoms with Crippen LogP contribution in [0.3, 0.4) is 0 Å². The van der Waals surface area contributed by atoms with Crippen LogP contribution < -0.4 is 9.47 Å². The number of hydrogen-bond acceptors (Lipinski definition) is 5. The molecule has 1 aromatic carbocycles. The summed E-state index contributed by atoms with van der Waals surface area (Å²) in [6, 6.07) is 6.71. The molecule has 0 aromatic heterocycles. The molecule has 5 nitrogen and oxygen atoms in total. The van der Waals surface area contributed by atoms with E-state index in [9.17, 15) is 4.79 Å². The second-order valence-electron chi connectivity index (χ2n) is 4.05. The van der Waals surface area contributed by atoms with Gasteiger partial charge in [-0.2, -0.15) is 5.26 Å². The molecule has 0 aliphatic rings. The first-order chi connectivity index (χ1) is 9.01. The highest BCUT2D eigenvalue weighted by Crippen LogP contribution is 2.24. The Morgan fingerprint density at radius 3 is 2.11 bits per heavy atom. The molecule has 0 heterocycles. The average Bonchev–Trinajstić information content (AvgIpc) is 2.42. The monoisotopic (exact) mass is 260 g/mol. The number of nitrogens with zero attached hydrogens (tertiary/aromatic N) is 2. The van der Waals surface area contributed by atoms with Crippen molar-refractivity contribution in [2.75, 3.05) is 28.3 Å². The molecule has 0 radical (unpaired) electrons. The number of ether oxygens (including phenoxy) is 2. The van der Waals surface area contributed by atoms with Gasteiger partial charge in [0.1, 0.15) is 23.1 Å². The third kappa shape index (κ3) is 3.75. The zero-order valence-electron chi connectivity index (χ0n) is 11.4. The van der Waals surface area contributed by atoms with E-state index in [-0.39, 0.29) is 11.4 Å². The Hall–Kier alpha value is -2.48. The number of hydrogen-bond donors (Lipinski definition) is 0. The maximum Gasteiger partial charge on any atom is 0.205 e. The second kappa shape index (κ2) is 6.45. The van der Waals surface area contributed by atoms with Gasteiger partial charge >= 0.3 is 0 Å². The summed E-state index contributed by atoms with van der Waals surface area (Å²) >= 11 is 0. The fourth-order valence-corrected chi connectivity index (χ4v) is 1.49. The van der Waals surface area contributed by atoms with Crippen molar-refractivity contribution in [2.24, 2.45) is 0 Å². The van der Waals surface area contributed by atoms with Crippen LogP contribution in [0.5, 0.6) is 11.5 Å². The predicted octanol–water partition coefficient (Wildman–Crippen LogP) is 1.86. The van der Waals surface area contributed by atoms with Crippen LogP contribution in [0.15, 0.2) is 30.0 Å². The van der Waals surface area contributed by atoms with Gasteiger partial charge in [-0.3, -0.25) is 4.79 Å². The van der Waals surface area contributed by atoms with Gasteiger partial charge in [-0.15, -0.1) is 0 Å². The second-order valence-corrected chi connectivity index (χ2v) is 4.05. The number of carbonyl (C=O) groups excluding carboxylic acids is 1. The Morgan fingerprint density at radius 2 is 1.74 bits per heavy atom. The lowest BCUT2D eigenvalue weighted by Gasteiger charge is -2.09. The molecule has 0 atom stereocenters. The molecule has 19 heavy (non-hydrogen) atoms. The summed E-state index contributed by atoms with van der Waals surface area (Å²) in [7, 11) is 6.50. The van der Waals surface area contributed by atoms with E-state index in [0.29, 0.717) is 17.1 Å². The third-order valence-electron chi connectivity index (χ3n) is 2.37. The minimum atomic E-state index is -0.367. The van der Waals surface area contributed by atoms with Crippen molar-refractivity contribution in [3.63, 3.8) is 0 Å². The van der Waals surface area contributed by atoms with Crippen molar-refractivity contribution in [2.45, 2.75) is 0 Å². The Morgan fingerprint density at radius 1 is 1.21 bits per heavy atom. The number of rotatable bonds is 5. The van der Waals surface area contributed by atoms with Crippen LogP contribution in [0, 0.1) is 11.3 Å². The van der Waals surface area contributed by atoms with Crippen molar-refractivity contribution >= 4 is 5.78 Å². The number of Topliss-reactive ketones (excluding diaryl/α,β-unsaturated/α-hetero) is 1. The number of ketones is 1. The van der Waals surface area contributed by atoms with Crippen LogP contribution in [0.4, 0.5) is 0 Å². The molecule has 0 N–H and O–H groups in total. The summed E-state index contributed by atoms with van der Waals surface area (Å²) < 4.78 is 10.2. The van der Waals surface area contributed by atoms with Crippen LogP contribution in [-0.4, -0.2) is 39.0 Å². The van der Waals surface area contributed by atoms with Gasteiger partial charge in [0.05, 0.1) is 14.2 Å². The van der Waals surface area contributed by atoms with E-state index in [2.05, 4.69) is 0 Å². The molecule has 0 bridgehead atoms. The Bertz CT molecular complexity index is 520. The van der Waals surface area contributed by atoms with E-state index in [0.717, 1.165) is 0 Å². The normalized spacial score (nSPS) is 10.6. The highest BCUT2D eigenvalue weighted by molar-refractivity contribution is 6.11. The minimum absolute atomic E-state index is 0.0558. The van der Waals surface area contributed by atoms with Gasteiger partial charge in [-0.25, -0.2) is 0 Å². The quantitative estimate of drug-likeness (QED) is 0.459. The van der Waals surface area contributed by atoms with E-state index in [4.69, 9.17) is 14.7 Å². The molecule has 0 amide bonds. The summed E-state index contributed by atoms with van der Waals surface area (Å²) in [6.45, 7) is 0. The number of methoxy groups -OCH3 is 2. The topological polar surface area (TPSA) is 62.6 Å². The molecule has 0 unspecified atom stereocenters. The van der Waals surface area contributed by atoms with Crippen molar-refractivity contribution in [1.82, 2.24) is 4.90 Å². The van der Waals surface area contributed by atoms with Crippen molar-refractivity contribution in [3.05, 3.63) is 35.5 Å². The summed E-state index contributed by atoms with van der Waals surface area (Å²) in [4.78, 5) is 13.9. The first-order valence-electron chi connectivity index (χ1n) is 5.58. The molecule has 0 saturated carbocycles. The van der Waals surface area contributed by atoms with Crippen LogP contribution in [0.25, 0.3) is 0 Å². The van der Waals surface area contributed by atoms with Gasteiger partial charge < -0.3 is 14.4 Å². The van der Waals surface area contributed by atoms with E-state index in [1.54, 1.807) is 37.2 Å². The van der Waals surface area contributed by atoms with Crippen molar-refractivity contribution < 1.29 is 14.3 Å². The van der Waals surface area contributed by atoms with Crippen LogP contribution in [0.1, 0.15) is 10.4 Å². The number of nitriles is 1. The highest BCUT2D eigenvalue weighted by Gasteiger charge is 2.15. The van der Waals surface area contributed by atoms with E-state index < -0.39 is 0 Å². The number of carbonyl (C=O) groups is 1. The zero-order valence-corrected chi connectivity index (χ0v) is 11.4. The summed E-state index contributed by atoms with van der Waals surface area (Å²) in [5, 5.41) is 9.03. The maximum absolute atomic E-state index is 12.2. The van der Waals surface area contributed by atoms with Crippen molar-refractivity contribution in [3.8, 4) is 17.6 Å². The first kappa shape index (κ1) is 14.6. The SMILES string of the molecule is COc1cc(OC)cc(C(=O)/C(C#N)=C/N(C)C)c1. The molecule has 0 fully saturated rings. The van der Waals surface area contributed by atoms with Crippen LogP contribution >= 0.6 is 0 Å². The standard InChI is InChI=1S/C14H16N2O3/c1-16(2)9-11(8-15)14(17)10-5-12(18-3)7-13(6-10)19-4/h5-7,9H,1-4H3/b11-9+. The lowest BCUT2D eigenvalue weighted by molar-refractivity contribution is 0.103. The molecule has 1 aromatic rings. The summed E-state index contributed by atoms with van der Waals surface area (Å²) in [5.41, 5.74) is 0.408. The summed E-state index contributed by atoms with van der Waals surface area (Å²) in [5.74, 6) is 0.642. The minimum Gasteiger partial charge on any atom is -0.497 e. The molecule has 5 heteroatoms. The van der Waals surface area contributed by atoms with Gasteiger partial charge in [0.2, 0.25) is 5.78 Å². The molecule has 1 rings (SSSR count). The molecule has 0 aliphatic carbocycles. The molecule has 100 valence electrons. The Kier molecular flexibility index (Phi) is 4.95.